The van der Waals surface area contributed by atoms with Crippen LogP contribution in [0.3, 0.4) is 0 Å². The highest BCUT2D eigenvalue weighted by molar-refractivity contribution is 5.73. The van der Waals surface area contributed by atoms with Crippen LogP contribution in [0.15, 0.2) is 24.5 Å². The summed E-state index contributed by atoms with van der Waals surface area (Å²) in [5.74, 6) is 0.474. The number of amides is 2. The number of ether oxygens (including phenoxy) is 2. The average Bonchev–Trinajstić information content (AvgIpc) is 3.16. The molecule has 3 heterocycles. The maximum absolute atomic E-state index is 12.1. The van der Waals surface area contributed by atoms with Crippen molar-refractivity contribution in [1.29, 1.82) is 0 Å². The van der Waals surface area contributed by atoms with Crippen molar-refractivity contribution < 1.29 is 14.3 Å². The topological polar surface area (TPSA) is 75.7 Å². The summed E-state index contributed by atoms with van der Waals surface area (Å²) in [5.41, 5.74) is 0.988. The minimum absolute atomic E-state index is 0.143. The first-order valence-electron chi connectivity index (χ1n) is 8.63. The van der Waals surface area contributed by atoms with E-state index in [0.29, 0.717) is 25.0 Å². The van der Waals surface area contributed by atoms with E-state index in [2.05, 4.69) is 20.5 Å². The molecule has 132 valence electrons. The van der Waals surface area contributed by atoms with Gasteiger partial charge in [0.15, 0.2) is 0 Å². The van der Waals surface area contributed by atoms with Crippen molar-refractivity contribution in [2.75, 3.05) is 46.1 Å². The van der Waals surface area contributed by atoms with Crippen LogP contribution in [0, 0.1) is 5.92 Å². The second-order valence-corrected chi connectivity index (χ2v) is 6.26. The Morgan fingerprint density at radius 1 is 1.29 bits per heavy atom. The Bertz CT molecular complexity index is 502. The van der Waals surface area contributed by atoms with E-state index in [1.54, 1.807) is 12.4 Å². The van der Waals surface area contributed by atoms with Gasteiger partial charge in [-0.25, -0.2) is 4.79 Å². The zero-order valence-corrected chi connectivity index (χ0v) is 13.9. The molecular weight excluding hydrogens is 308 g/mol. The first kappa shape index (κ1) is 17.1. The first-order chi connectivity index (χ1) is 11.8. The van der Waals surface area contributed by atoms with Crippen molar-refractivity contribution in [3.05, 3.63) is 30.1 Å². The van der Waals surface area contributed by atoms with E-state index in [4.69, 9.17) is 9.47 Å². The van der Waals surface area contributed by atoms with Crippen LogP contribution in [0.2, 0.25) is 0 Å². The molecule has 2 atom stereocenters. The third kappa shape index (κ3) is 4.90. The summed E-state index contributed by atoms with van der Waals surface area (Å²) >= 11 is 0. The van der Waals surface area contributed by atoms with Crippen LogP contribution < -0.4 is 10.6 Å². The Hall–Kier alpha value is -1.70. The van der Waals surface area contributed by atoms with Gasteiger partial charge in [0.1, 0.15) is 0 Å². The second-order valence-electron chi connectivity index (χ2n) is 6.26. The maximum atomic E-state index is 12.1. The number of carbonyl (C=O) groups excluding carboxylic acids is 1. The van der Waals surface area contributed by atoms with Crippen molar-refractivity contribution in [2.45, 2.75) is 19.0 Å². The standard InChI is InChI=1S/C17H26N4O3/c22-17(19-11-14-2-1-4-18-10-14)20-12-16(15-3-7-24-13-15)21-5-8-23-9-6-21/h1-2,4,10,15-16H,3,5-9,11-13H2,(H2,19,20,22)/t15-,16-/m0/s1. The molecule has 0 spiro atoms. The summed E-state index contributed by atoms with van der Waals surface area (Å²) in [5, 5.41) is 5.90. The second kappa shape index (κ2) is 8.96. The van der Waals surface area contributed by atoms with Crippen molar-refractivity contribution in [2.24, 2.45) is 5.92 Å². The molecule has 2 aliphatic heterocycles. The third-order valence-electron chi connectivity index (χ3n) is 4.67. The van der Waals surface area contributed by atoms with Gasteiger partial charge in [0.25, 0.3) is 0 Å². The van der Waals surface area contributed by atoms with Crippen LogP contribution >= 0.6 is 0 Å². The van der Waals surface area contributed by atoms with Crippen molar-refractivity contribution >= 4 is 6.03 Å². The summed E-state index contributed by atoms with van der Waals surface area (Å²) in [4.78, 5) is 18.6. The number of urea groups is 1. The SMILES string of the molecule is O=C(NCc1cccnc1)NC[C@@H]([C@H]1CCOC1)N1CCOCC1. The fraction of sp³-hybridized carbons (Fsp3) is 0.647. The van der Waals surface area contributed by atoms with E-state index in [-0.39, 0.29) is 6.03 Å². The summed E-state index contributed by atoms with van der Waals surface area (Å²) in [6.07, 6.45) is 4.54. The highest BCUT2D eigenvalue weighted by Crippen LogP contribution is 2.21. The van der Waals surface area contributed by atoms with Gasteiger partial charge in [0.05, 0.1) is 19.8 Å². The van der Waals surface area contributed by atoms with Crippen LogP contribution in [0.4, 0.5) is 4.79 Å². The predicted molar refractivity (Wildman–Crippen MR) is 89.6 cm³/mol. The molecule has 2 N–H and O–H groups in total. The number of rotatable bonds is 6. The molecule has 1 aromatic rings. The zero-order chi connectivity index (χ0) is 16.6. The summed E-state index contributed by atoms with van der Waals surface area (Å²) in [6, 6.07) is 3.97. The van der Waals surface area contributed by atoms with E-state index in [9.17, 15) is 4.79 Å². The monoisotopic (exact) mass is 334 g/mol. The molecule has 0 aromatic carbocycles. The molecule has 2 fully saturated rings. The molecule has 0 saturated carbocycles. The largest absolute Gasteiger partial charge is 0.381 e. The molecule has 2 aliphatic rings. The Balaban J connectivity index is 1.47. The van der Waals surface area contributed by atoms with Gasteiger partial charge in [-0.1, -0.05) is 6.07 Å². The lowest BCUT2D eigenvalue weighted by Crippen LogP contribution is -2.53. The number of aromatic nitrogens is 1. The van der Waals surface area contributed by atoms with Gasteiger partial charge in [-0.3, -0.25) is 9.88 Å². The number of carbonyl (C=O) groups is 1. The lowest BCUT2D eigenvalue weighted by molar-refractivity contribution is 0.00212. The zero-order valence-electron chi connectivity index (χ0n) is 13.9. The molecule has 0 aliphatic carbocycles. The van der Waals surface area contributed by atoms with Gasteiger partial charge >= 0.3 is 6.03 Å². The lowest BCUT2D eigenvalue weighted by atomic mass is 9.97. The number of pyridine rings is 1. The number of hydrogen-bond donors (Lipinski definition) is 2. The fourth-order valence-electron chi connectivity index (χ4n) is 3.30. The normalized spacial score (nSPS) is 22.9. The van der Waals surface area contributed by atoms with Crippen LogP contribution in [0.5, 0.6) is 0 Å². The summed E-state index contributed by atoms with van der Waals surface area (Å²) < 4.78 is 11.0. The Morgan fingerprint density at radius 2 is 2.17 bits per heavy atom. The molecule has 0 bridgehead atoms. The van der Waals surface area contributed by atoms with Crippen LogP contribution in [-0.2, 0) is 16.0 Å². The molecule has 7 heteroatoms. The Labute approximate surface area is 142 Å². The van der Waals surface area contributed by atoms with E-state index in [0.717, 1.165) is 51.5 Å². The molecule has 24 heavy (non-hydrogen) atoms. The molecule has 2 saturated heterocycles. The van der Waals surface area contributed by atoms with E-state index >= 15 is 0 Å². The van der Waals surface area contributed by atoms with Crippen molar-refractivity contribution in [3.63, 3.8) is 0 Å². The van der Waals surface area contributed by atoms with E-state index in [1.807, 2.05) is 12.1 Å². The summed E-state index contributed by atoms with van der Waals surface area (Å²) in [7, 11) is 0. The van der Waals surface area contributed by atoms with Crippen LogP contribution in [-0.4, -0.2) is 68.0 Å². The van der Waals surface area contributed by atoms with Crippen LogP contribution in [0.1, 0.15) is 12.0 Å². The number of nitrogens with zero attached hydrogens (tertiary/aromatic N) is 2. The highest BCUT2D eigenvalue weighted by atomic mass is 16.5. The van der Waals surface area contributed by atoms with Crippen molar-refractivity contribution in [1.82, 2.24) is 20.5 Å². The minimum atomic E-state index is -0.143. The number of nitrogens with one attached hydrogen (secondary N) is 2. The summed E-state index contributed by atoms with van der Waals surface area (Å²) in [6.45, 7) is 6.07. The highest BCUT2D eigenvalue weighted by Gasteiger charge is 2.31. The van der Waals surface area contributed by atoms with Gasteiger partial charge in [0.2, 0.25) is 0 Å². The molecule has 2 amide bonds. The van der Waals surface area contributed by atoms with Crippen molar-refractivity contribution in [3.8, 4) is 0 Å². The predicted octanol–water partition coefficient (Wildman–Crippen LogP) is 0.618. The quantitative estimate of drug-likeness (QED) is 0.798. The molecular formula is C17H26N4O3. The van der Waals surface area contributed by atoms with Crippen LogP contribution in [0.25, 0.3) is 0 Å². The minimum Gasteiger partial charge on any atom is -0.381 e. The molecule has 7 nitrogen and oxygen atoms in total. The third-order valence-corrected chi connectivity index (χ3v) is 4.67. The molecule has 0 radical (unpaired) electrons. The fourth-order valence-corrected chi connectivity index (χ4v) is 3.30. The van der Waals surface area contributed by atoms with Gasteiger partial charge < -0.3 is 20.1 Å². The number of morpholine rings is 1. The van der Waals surface area contributed by atoms with E-state index < -0.39 is 0 Å². The Morgan fingerprint density at radius 3 is 2.88 bits per heavy atom. The van der Waals surface area contributed by atoms with Gasteiger partial charge in [0, 0.05) is 57.1 Å². The number of hydrogen-bond acceptors (Lipinski definition) is 5. The Kier molecular flexibility index (Phi) is 6.40. The average molecular weight is 334 g/mol. The van der Waals surface area contributed by atoms with Gasteiger partial charge in [-0.2, -0.15) is 0 Å². The smallest absolute Gasteiger partial charge is 0.315 e. The van der Waals surface area contributed by atoms with E-state index in [1.165, 1.54) is 0 Å². The molecule has 3 rings (SSSR count). The first-order valence-corrected chi connectivity index (χ1v) is 8.63. The van der Waals surface area contributed by atoms with Gasteiger partial charge in [-0.15, -0.1) is 0 Å². The van der Waals surface area contributed by atoms with Gasteiger partial charge in [-0.05, 0) is 18.1 Å². The lowest BCUT2D eigenvalue weighted by Gasteiger charge is -2.37. The molecule has 1 aromatic heterocycles. The maximum Gasteiger partial charge on any atom is 0.315 e. The molecule has 0 unspecified atom stereocenters.